The molecule has 9 heteroatoms. The Morgan fingerprint density at radius 1 is 1.16 bits per heavy atom. The Balaban J connectivity index is 1.30. The zero-order chi connectivity index (χ0) is 21.8. The van der Waals surface area contributed by atoms with Crippen LogP contribution >= 0.6 is 11.6 Å². The summed E-state index contributed by atoms with van der Waals surface area (Å²) >= 11 is 5.95. The van der Waals surface area contributed by atoms with E-state index in [1.54, 1.807) is 18.2 Å². The van der Waals surface area contributed by atoms with Crippen molar-refractivity contribution < 1.29 is 14.3 Å². The smallest absolute Gasteiger partial charge is 0.271 e. The standard InChI is InChI=1S/C22H24ClN5O3/c1-31-19-13-15(23)7-8-17(19)24-20(29)14-18-21(30)26-22(25-18)28-11-9-27(10-12-28)16-5-3-2-4-6-16/h2-8,13,18H,9-12,14H2,1H3,(H,24,29)(H,25,26,30). The topological polar surface area (TPSA) is 86.3 Å². The lowest BCUT2D eigenvalue weighted by Crippen LogP contribution is -2.52. The van der Waals surface area contributed by atoms with Crippen molar-refractivity contribution in [3.63, 3.8) is 0 Å². The van der Waals surface area contributed by atoms with E-state index in [-0.39, 0.29) is 18.2 Å². The van der Waals surface area contributed by atoms with Crippen LogP contribution in [0.3, 0.4) is 0 Å². The van der Waals surface area contributed by atoms with E-state index in [0.29, 0.717) is 22.4 Å². The number of aliphatic imine (C=N–C) groups is 1. The lowest BCUT2D eigenvalue weighted by Gasteiger charge is -2.37. The van der Waals surface area contributed by atoms with Gasteiger partial charge < -0.3 is 25.2 Å². The molecule has 2 aromatic carbocycles. The molecule has 0 bridgehead atoms. The third kappa shape index (κ3) is 4.91. The molecule has 1 atom stereocenters. The van der Waals surface area contributed by atoms with Crippen molar-refractivity contribution in [2.24, 2.45) is 4.99 Å². The minimum Gasteiger partial charge on any atom is -0.495 e. The third-order valence-electron chi connectivity index (χ3n) is 5.35. The first-order chi connectivity index (χ1) is 15.0. The lowest BCUT2D eigenvalue weighted by atomic mass is 10.2. The highest BCUT2D eigenvalue weighted by molar-refractivity contribution is 6.30. The highest BCUT2D eigenvalue weighted by Crippen LogP contribution is 2.28. The Morgan fingerprint density at radius 3 is 2.58 bits per heavy atom. The summed E-state index contributed by atoms with van der Waals surface area (Å²) in [7, 11) is 1.50. The number of methoxy groups -OCH3 is 1. The van der Waals surface area contributed by atoms with Gasteiger partial charge in [0.2, 0.25) is 11.9 Å². The number of ether oxygens (including phenoxy) is 1. The van der Waals surface area contributed by atoms with Crippen LogP contribution in [0, 0.1) is 0 Å². The summed E-state index contributed by atoms with van der Waals surface area (Å²) in [4.78, 5) is 33.4. The Labute approximate surface area is 185 Å². The van der Waals surface area contributed by atoms with Crippen LogP contribution in [0.15, 0.2) is 53.5 Å². The molecule has 4 rings (SSSR count). The number of hydrogen-bond acceptors (Lipinski definition) is 6. The molecule has 0 aliphatic carbocycles. The van der Waals surface area contributed by atoms with Gasteiger partial charge in [-0.05, 0) is 24.3 Å². The molecule has 2 aromatic rings. The normalized spacial score (nSPS) is 18.5. The number of carbonyl (C=O) groups is 2. The van der Waals surface area contributed by atoms with Crippen LogP contribution in [0.1, 0.15) is 6.42 Å². The Kier molecular flexibility index (Phi) is 6.27. The van der Waals surface area contributed by atoms with Gasteiger partial charge in [0.1, 0.15) is 11.8 Å². The summed E-state index contributed by atoms with van der Waals surface area (Å²) in [5, 5.41) is 6.39. The van der Waals surface area contributed by atoms with Crippen molar-refractivity contribution in [3.8, 4) is 5.75 Å². The highest BCUT2D eigenvalue weighted by atomic mass is 35.5. The summed E-state index contributed by atoms with van der Waals surface area (Å²) in [6, 6.07) is 14.5. The number of benzene rings is 2. The number of piperazine rings is 1. The zero-order valence-corrected chi connectivity index (χ0v) is 17.9. The molecule has 31 heavy (non-hydrogen) atoms. The molecule has 2 aliphatic heterocycles. The van der Waals surface area contributed by atoms with Crippen molar-refractivity contribution in [1.29, 1.82) is 0 Å². The van der Waals surface area contributed by atoms with E-state index < -0.39 is 6.04 Å². The number of hydrogen-bond donors (Lipinski definition) is 2. The molecule has 2 amide bonds. The monoisotopic (exact) mass is 441 g/mol. The van der Waals surface area contributed by atoms with Gasteiger partial charge in [0.15, 0.2) is 0 Å². The van der Waals surface area contributed by atoms with E-state index in [1.807, 2.05) is 18.2 Å². The van der Waals surface area contributed by atoms with Crippen LogP contribution < -0.4 is 20.3 Å². The third-order valence-corrected chi connectivity index (χ3v) is 5.58. The number of rotatable bonds is 5. The van der Waals surface area contributed by atoms with Crippen molar-refractivity contribution in [1.82, 2.24) is 10.2 Å². The summed E-state index contributed by atoms with van der Waals surface area (Å²) in [6.07, 6.45) is -0.0262. The number of para-hydroxylation sites is 1. The molecule has 162 valence electrons. The summed E-state index contributed by atoms with van der Waals surface area (Å²) < 4.78 is 5.24. The summed E-state index contributed by atoms with van der Waals surface area (Å²) in [5.41, 5.74) is 1.69. The van der Waals surface area contributed by atoms with Crippen molar-refractivity contribution >= 4 is 40.7 Å². The van der Waals surface area contributed by atoms with E-state index in [2.05, 4.69) is 37.6 Å². The Morgan fingerprint density at radius 2 is 1.87 bits per heavy atom. The predicted molar refractivity (Wildman–Crippen MR) is 121 cm³/mol. The first kappa shape index (κ1) is 21.0. The average molecular weight is 442 g/mol. The molecule has 8 nitrogen and oxygen atoms in total. The van der Waals surface area contributed by atoms with E-state index >= 15 is 0 Å². The van der Waals surface area contributed by atoms with Crippen LogP contribution in [0.4, 0.5) is 11.4 Å². The molecule has 2 heterocycles. The number of amides is 2. The molecule has 1 unspecified atom stereocenters. The molecule has 0 spiro atoms. The largest absolute Gasteiger partial charge is 0.495 e. The first-order valence-electron chi connectivity index (χ1n) is 10.1. The van der Waals surface area contributed by atoms with E-state index in [4.69, 9.17) is 16.3 Å². The maximum atomic E-state index is 12.5. The molecule has 2 aliphatic rings. The number of anilines is 2. The number of carbonyl (C=O) groups excluding carboxylic acids is 2. The van der Waals surface area contributed by atoms with Crippen molar-refractivity contribution in [3.05, 3.63) is 53.6 Å². The van der Waals surface area contributed by atoms with Gasteiger partial charge in [0.25, 0.3) is 5.91 Å². The molecule has 0 saturated carbocycles. The fourth-order valence-corrected chi connectivity index (χ4v) is 3.86. The molecule has 1 saturated heterocycles. The zero-order valence-electron chi connectivity index (χ0n) is 17.2. The minimum atomic E-state index is -0.680. The maximum Gasteiger partial charge on any atom is 0.271 e. The average Bonchev–Trinajstić information content (AvgIpc) is 3.15. The van der Waals surface area contributed by atoms with Crippen LogP contribution in [0.2, 0.25) is 5.02 Å². The van der Waals surface area contributed by atoms with Crippen molar-refractivity contribution in [2.75, 3.05) is 43.5 Å². The predicted octanol–water partition coefficient (Wildman–Crippen LogP) is 2.35. The van der Waals surface area contributed by atoms with Gasteiger partial charge in [-0.25, -0.2) is 0 Å². The fourth-order valence-electron chi connectivity index (χ4n) is 3.70. The second kappa shape index (κ2) is 9.26. The summed E-state index contributed by atoms with van der Waals surface area (Å²) in [6.45, 7) is 3.16. The van der Waals surface area contributed by atoms with Gasteiger partial charge in [-0.2, -0.15) is 4.99 Å². The SMILES string of the molecule is COc1cc(Cl)ccc1NC(=O)CC1NC(N2CCN(c3ccccc3)CC2)=NC1=O. The van der Waals surface area contributed by atoms with Gasteiger partial charge in [0, 0.05) is 43.0 Å². The number of nitrogens with one attached hydrogen (secondary N) is 2. The van der Waals surface area contributed by atoms with Crippen LogP contribution in [0.25, 0.3) is 0 Å². The van der Waals surface area contributed by atoms with E-state index in [9.17, 15) is 9.59 Å². The first-order valence-corrected chi connectivity index (χ1v) is 10.5. The Bertz CT molecular complexity index is 990. The number of nitrogens with zero attached hydrogens (tertiary/aromatic N) is 3. The number of halogens is 1. The molecule has 0 aromatic heterocycles. The highest BCUT2D eigenvalue weighted by Gasteiger charge is 2.32. The van der Waals surface area contributed by atoms with Crippen molar-refractivity contribution in [2.45, 2.75) is 12.5 Å². The van der Waals surface area contributed by atoms with E-state index in [0.717, 1.165) is 26.2 Å². The van der Waals surface area contributed by atoms with Gasteiger partial charge in [-0.1, -0.05) is 29.8 Å². The summed E-state index contributed by atoms with van der Waals surface area (Å²) in [5.74, 6) is 0.356. The van der Waals surface area contributed by atoms with Gasteiger partial charge in [-0.15, -0.1) is 0 Å². The minimum absolute atomic E-state index is 0.0262. The van der Waals surface area contributed by atoms with E-state index in [1.165, 1.54) is 12.8 Å². The lowest BCUT2D eigenvalue weighted by molar-refractivity contribution is -0.123. The quantitative estimate of drug-likeness (QED) is 0.740. The van der Waals surface area contributed by atoms with Crippen LogP contribution in [-0.4, -0.2) is 62.0 Å². The fraction of sp³-hybridized carbons (Fsp3) is 0.318. The molecular weight excluding hydrogens is 418 g/mol. The molecule has 0 radical (unpaired) electrons. The second-order valence-electron chi connectivity index (χ2n) is 7.38. The molecule has 2 N–H and O–H groups in total. The van der Waals surface area contributed by atoms with Gasteiger partial charge in [0.05, 0.1) is 19.2 Å². The van der Waals surface area contributed by atoms with Gasteiger partial charge >= 0.3 is 0 Å². The maximum absolute atomic E-state index is 12.5. The van der Waals surface area contributed by atoms with Gasteiger partial charge in [-0.3, -0.25) is 9.59 Å². The number of guanidine groups is 1. The van der Waals surface area contributed by atoms with Crippen LogP contribution in [0.5, 0.6) is 5.75 Å². The molecular formula is C22H24ClN5O3. The molecule has 1 fully saturated rings. The second-order valence-corrected chi connectivity index (χ2v) is 7.81. The van der Waals surface area contributed by atoms with Crippen LogP contribution in [-0.2, 0) is 9.59 Å². The Hall–Kier alpha value is -3.26.